The first-order chi connectivity index (χ1) is 12.1. The highest BCUT2D eigenvalue weighted by Crippen LogP contribution is 2.20. The predicted molar refractivity (Wildman–Crippen MR) is 94.2 cm³/mol. The van der Waals surface area contributed by atoms with E-state index in [1.807, 2.05) is 24.0 Å². The Balaban J connectivity index is 1.53. The largest absolute Gasteiger partial charge is 0.339 e. The summed E-state index contributed by atoms with van der Waals surface area (Å²) in [5.41, 5.74) is 2.34. The SMILES string of the molecule is Cc1cc(C(=O)N2CCCC2)ccc1NC(=O)CCCn1cncn1. The second kappa shape index (κ2) is 7.92. The summed E-state index contributed by atoms with van der Waals surface area (Å²) in [6.45, 7) is 4.24. The van der Waals surface area contributed by atoms with Crippen molar-refractivity contribution >= 4 is 17.5 Å². The molecule has 1 fully saturated rings. The molecule has 1 aliphatic rings. The summed E-state index contributed by atoms with van der Waals surface area (Å²) in [6.07, 6.45) is 6.38. The van der Waals surface area contributed by atoms with Gasteiger partial charge in [-0.3, -0.25) is 14.3 Å². The van der Waals surface area contributed by atoms with Crippen molar-refractivity contribution in [3.63, 3.8) is 0 Å². The summed E-state index contributed by atoms with van der Waals surface area (Å²) < 4.78 is 1.71. The van der Waals surface area contributed by atoms with Crippen molar-refractivity contribution in [2.45, 2.75) is 39.2 Å². The monoisotopic (exact) mass is 341 g/mol. The first-order valence-electron chi connectivity index (χ1n) is 8.65. The Kier molecular flexibility index (Phi) is 5.42. The van der Waals surface area contributed by atoms with E-state index in [-0.39, 0.29) is 11.8 Å². The lowest BCUT2D eigenvalue weighted by Crippen LogP contribution is -2.27. The van der Waals surface area contributed by atoms with Crippen LogP contribution in [-0.4, -0.2) is 44.6 Å². The second-order valence-electron chi connectivity index (χ2n) is 6.34. The Hall–Kier alpha value is -2.70. The highest BCUT2D eigenvalue weighted by molar-refractivity contribution is 5.96. The van der Waals surface area contributed by atoms with Gasteiger partial charge in [-0.25, -0.2) is 4.98 Å². The topological polar surface area (TPSA) is 80.1 Å². The van der Waals surface area contributed by atoms with Crippen LogP contribution in [0.15, 0.2) is 30.9 Å². The molecule has 2 amide bonds. The number of carbonyl (C=O) groups is 2. The lowest BCUT2D eigenvalue weighted by atomic mass is 10.1. The number of likely N-dealkylation sites (tertiary alicyclic amines) is 1. The van der Waals surface area contributed by atoms with Crippen LogP contribution in [0.4, 0.5) is 5.69 Å². The molecule has 25 heavy (non-hydrogen) atoms. The number of aromatic nitrogens is 3. The summed E-state index contributed by atoms with van der Waals surface area (Å²) in [5.74, 6) is 0.0353. The molecule has 0 unspecified atom stereocenters. The van der Waals surface area contributed by atoms with Crippen molar-refractivity contribution in [1.82, 2.24) is 19.7 Å². The summed E-state index contributed by atoms with van der Waals surface area (Å²) in [5, 5.41) is 6.92. The number of benzene rings is 1. The summed E-state index contributed by atoms with van der Waals surface area (Å²) >= 11 is 0. The van der Waals surface area contributed by atoms with E-state index in [0.29, 0.717) is 24.9 Å². The molecule has 2 aromatic rings. The maximum atomic E-state index is 12.4. The molecule has 1 aromatic carbocycles. The second-order valence-corrected chi connectivity index (χ2v) is 6.34. The van der Waals surface area contributed by atoms with Crippen molar-refractivity contribution < 1.29 is 9.59 Å². The van der Waals surface area contributed by atoms with Crippen LogP contribution in [0.25, 0.3) is 0 Å². The van der Waals surface area contributed by atoms with E-state index >= 15 is 0 Å². The van der Waals surface area contributed by atoms with Gasteiger partial charge in [-0.15, -0.1) is 0 Å². The number of aryl methyl sites for hydroxylation is 2. The van der Waals surface area contributed by atoms with Crippen LogP contribution < -0.4 is 5.32 Å². The number of hydrogen-bond acceptors (Lipinski definition) is 4. The molecule has 0 atom stereocenters. The van der Waals surface area contributed by atoms with Crippen molar-refractivity contribution in [3.05, 3.63) is 42.0 Å². The number of amides is 2. The number of anilines is 1. The van der Waals surface area contributed by atoms with Crippen molar-refractivity contribution in [3.8, 4) is 0 Å². The zero-order chi connectivity index (χ0) is 17.6. The van der Waals surface area contributed by atoms with Crippen molar-refractivity contribution in [2.75, 3.05) is 18.4 Å². The Labute approximate surface area is 147 Å². The molecular formula is C18H23N5O2. The van der Waals surface area contributed by atoms with Gasteiger partial charge >= 0.3 is 0 Å². The average Bonchev–Trinajstić information content (AvgIpc) is 3.29. The van der Waals surface area contributed by atoms with Gasteiger partial charge in [0.2, 0.25) is 5.91 Å². The Morgan fingerprint density at radius 2 is 2.04 bits per heavy atom. The number of carbonyl (C=O) groups excluding carboxylic acids is 2. The maximum Gasteiger partial charge on any atom is 0.253 e. The number of rotatable bonds is 6. The minimum absolute atomic E-state index is 0.0400. The maximum absolute atomic E-state index is 12.4. The van der Waals surface area contributed by atoms with Gasteiger partial charge in [0, 0.05) is 37.3 Å². The fraction of sp³-hybridized carbons (Fsp3) is 0.444. The van der Waals surface area contributed by atoms with E-state index in [1.54, 1.807) is 17.1 Å². The lowest BCUT2D eigenvalue weighted by Gasteiger charge is -2.16. The smallest absolute Gasteiger partial charge is 0.253 e. The van der Waals surface area contributed by atoms with E-state index in [1.165, 1.54) is 6.33 Å². The molecule has 0 aliphatic carbocycles. The van der Waals surface area contributed by atoms with Gasteiger partial charge in [-0.05, 0) is 49.9 Å². The summed E-state index contributed by atoms with van der Waals surface area (Å²) in [7, 11) is 0. The minimum atomic E-state index is -0.0400. The molecule has 0 spiro atoms. The molecular weight excluding hydrogens is 318 g/mol. The van der Waals surface area contributed by atoms with E-state index in [0.717, 1.165) is 37.2 Å². The molecule has 0 saturated carbocycles. The Morgan fingerprint density at radius 3 is 2.72 bits per heavy atom. The van der Waals surface area contributed by atoms with E-state index < -0.39 is 0 Å². The Bertz CT molecular complexity index is 736. The van der Waals surface area contributed by atoms with E-state index in [2.05, 4.69) is 15.4 Å². The van der Waals surface area contributed by atoms with Gasteiger partial charge in [0.05, 0.1) is 0 Å². The molecule has 132 valence electrons. The van der Waals surface area contributed by atoms with E-state index in [4.69, 9.17) is 0 Å². The molecule has 7 nitrogen and oxygen atoms in total. The van der Waals surface area contributed by atoms with Crippen LogP contribution in [0.3, 0.4) is 0 Å². The molecule has 1 saturated heterocycles. The quantitative estimate of drug-likeness (QED) is 0.874. The Morgan fingerprint density at radius 1 is 1.24 bits per heavy atom. The van der Waals surface area contributed by atoms with Crippen LogP contribution in [0.2, 0.25) is 0 Å². The molecule has 0 radical (unpaired) electrons. The molecule has 0 bridgehead atoms. The minimum Gasteiger partial charge on any atom is -0.339 e. The molecule has 3 rings (SSSR count). The van der Waals surface area contributed by atoms with Gasteiger partial charge in [0.25, 0.3) is 5.91 Å². The first kappa shape index (κ1) is 17.1. The third kappa shape index (κ3) is 4.43. The van der Waals surface area contributed by atoms with Gasteiger partial charge in [-0.2, -0.15) is 5.10 Å². The third-order valence-corrected chi connectivity index (χ3v) is 4.40. The zero-order valence-electron chi connectivity index (χ0n) is 14.4. The van der Waals surface area contributed by atoms with Crippen molar-refractivity contribution in [1.29, 1.82) is 0 Å². The van der Waals surface area contributed by atoms with Crippen LogP contribution in [0.1, 0.15) is 41.6 Å². The highest BCUT2D eigenvalue weighted by atomic mass is 16.2. The predicted octanol–water partition coefficient (Wildman–Crippen LogP) is 2.24. The van der Waals surface area contributed by atoms with Crippen molar-refractivity contribution in [2.24, 2.45) is 0 Å². The normalized spacial score (nSPS) is 13.9. The average molecular weight is 341 g/mol. The molecule has 1 aliphatic heterocycles. The fourth-order valence-corrected chi connectivity index (χ4v) is 3.00. The van der Waals surface area contributed by atoms with Gasteiger partial charge in [0.15, 0.2) is 0 Å². The van der Waals surface area contributed by atoms with Gasteiger partial charge < -0.3 is 10.2 Å². The van der Waals surface area contributed by atoms with Gasteiger partial charge in [0.1, 0.15) is 12.7 Å². The van der Waals surface area contributed by atoms with Crippen LogP contribution in [-0.2, 0) is 11.3 Å². The highest BCUT2D eigenvalue weighted by Gasteiger charge is 2.19. The van der Waals surface area contributed by atoms with Crippen LogP contribution in [0, 0.1) is 6.92 Å². The summed E-state index contributed by atoms with van der Waals surface area (Å²) in [4.78, 5) is 30.3. The number of nitrogens with zero attached hydrogens (tertiary/aromatic N) is 4. The number of nitrogens with one attached hydrogen (secondary N) is 1. The van der Waals surface area contributed by atoms with Crippen LogP contribution >= 0.6 is 0 Å². The fourth-order valence-electron chi connectivity index (χ4n) is 3.00. The summed E-state index contributed by atoms with van der Waals surface area (Å²) in [6, 6.07) is 5.46. The molecule has 1 N–H and O–H groups in total. The first-order valence-corrected chi connectivity index (χ1v) is 8.65. The zero-order valence-corrected chi connectivity index (χ0v) is 14.4. The third-order valence-electron chi connectivity index (χ3n) is 4.40. The van der Waals surface area contributed by atoms with Gasteiger partial charge in [-0.1, -0.05) is 0 Å². The lowest BCUT2D eigenvalue weighted by molar-refractivity contribution is -0.116. The standard InChI is InChI=1S/C18H23N5O2/c1-14-11-15(18(25)22-8-2-3-9-22)6-7-16(14)21-17(24)5-4-10-23-13-19-12-20-23/h6-7,11-13H,2-5,8-10H2,1H3,(H,21,24). The number of hydrogen-bond donors (Lipinski definition) is 1. The molecule has 2 heterocycles. The molecule has 1 aromatic heterocycles. The van der Waals surface area contributed by atoms with E-state index in [9.17, 15) is 9.59 Å². The van der Waals surface area contributed by atoms with Crippen LogP contribution in [0.5, 0.6) is 0 Å². The molecule has 7 heteroatoms.